The molecule has 1 aromatic heterocycles. The van der Waals surface area contributed by atoms with E-state index >= 15 is 0 Å². The third-order valence-electron chi connectivity index (χ3n) is 2.66. The zero-order chi connectivity index (χ0) is 14.5. The summed E-state index contributed by atoms with van der Waals surface area (Å²) >= 11 is 0. The molecule has 2 rings (SSSR count). The third-order valence-corrected chi connectivity index (χ3v) is 2.66. The van der Waals surface area contributed by atoms with E-state index < -0.39 is 0 Å². The van der Waals surface area contributed by atoms with Crippen LogP contribution in [0, 0.1) is 6.92 Å². The van der Waals surface area contributed by atoms with Crippen LogP contribution in [0.15, 0.2) is 40.8 Å². The Morgan fingerprint density at radius 3 is 2.55 bits per heavy atom. The smallest absolute Gasteiger partial charge is 0.338 e. The zero-order valence-corrected chi connectivity index (χ0v) is 11.5. The minimum Gasteiger partial charge on any atom is -0.462 e. The highest BCUT2D eigenvalue weighted by Gasteiger charge is 2.09. The molecule has 1 aromatic carbocycles. The predicted octanol–water partition coefficient (Wildman–Crippen LogP) is 3.17. The molecule has 104 valence electrons. The molecule has 0 bridgehead atoms. The Morgan fingerprint density at radius 2 is 2.00 bits per heavy atom. The third kappa shape index (κ3) is 3.54. The number of aromatic nitrogens is 2. The molecule has 0 radical (unpaired) electrons. The maximum Gasteiger partial charge on any atom is 0.338 e. The van der Waals surface area contributed by atoms with Gasteiger partial charge in [-0.15, -0.1) is 16.8 Å². The van der Waals surface area contributed by atoms with Gasteiger partial charge in [-0.25, -0.2) is 4.79 Å². The van der Waals surface area contributed by atoms with Crippen LogP contribution in [0.2, 0.25) is 0 Å². The molecule has 5 nitrogen and oxygen atoms in total. The molecule has 0 saturated heterocycles. The van der Waals surface area contributed by atoms with Crippen molar-refractivity contribution in [3.05, 3.63) is 47.9 Å². The molecule has 0 aliphatic rings. The van der Waals surface area contributed by atoms with Gasteiger partial charge in [-0.3, -0.25) is 0 Å². The highest BCUT2D eigenvalue weighted by atomic mass is 16.5. The molecule has 20 heavy (non-hydrogen) atoms. The first-order chi connectivity index (χ1) is 9.56. The molecule has 0 amide bonds. The second-order valence-electron chi connectivity index (χ2n) is 4.55. The van der Waals surface area contributed by atoms with Crippen LogP contribution in [0.3, 0.4) is 0 Å². The van der Waals surface area contributed by atoms with Crippen molar-refractivity contribution in [2.75, 3.05) is 6.61 Å². The largest absolute Gasteiger partial charge is 0.462 e. The first-order valence-corrected chi connectivity index (χ1v) is 6.28. The summed E-state index contributed by atoms with van der Waals surface area (Å²) in [5.74, 6) is 0.590. The van der Waals surface area contributed by atoms with Crippen LogP contribution < -0.4 is 0 Å². The predicted molar refractivity (Wildman–Crippen MR) is 74.2 cm³/mol. The van der Waals surface area contributed by atoms with Gasteiger partial charge in [-0.1, -0.05) is 5.57 Å². The number of aryl methyl sites for hydroxylation is 1. The van der Waals surface area contributed by atoms with Crippen molar-refractivity contribution in [1.29, 1.82) is 0 Å². The molecular weight excluding hydrogens is 256 g/mol. The molecule has 0 fully saturated rings. The Labute approximate surface area is 117 Å². The first kappa shape index (κ1) is 14.0. The molecular formula is C15H16N2O3. The molecule has 0 aliphatic carbocycles. The fourth-order valence-corrected chi connectivity index (χ4v) is 1.56. The second kappa shape index (κ2) is 6.14. The molecule has 0 aliphatic heterocycles. The van der Waals surface area contributed by atoms with Crippen molar-refractivity contribution in [1.82, 2.24) is 10.2 Å². The van der Waals surface area contributed by atoms with Crippen molar-refractivity contribution in [2.45, 2.75) is 20.3 Å². The van der Waals surface area contributed by atoms with Gasteiger partial charge in [0.1, 0.15) is 0 Å². The van der Waals surface area contributed by atoms with E-state index in [4.69, 9.17) is 9.15 Å². The Kier molecular flexibility index (Phi) is 4.30. The fourth-order valence-electron chi connectivity index (χ4n) is 1.56. The molecule has 0 spiro atoms. The average Bonchev–Trinajstić information content (AvgIpc) is 2.85. The number of hydrogen-bond acceptors (Lipinski definition) is 5. The second-order valence-corrected chi connectivity index (χ2v) is 4.55. The summed E-state index contributed by atoms with van der Waals surface area (Å²) in [4.78, 5) is 11.8. The topological polar surface area (TPSA) is 65.2 Å². The number of hydrogen-bond donors (Lipinski definition) is 0. The van der Waals surface area contributed by atoms with Crippen molar-refractivity contribution >= 4 is 5.97 Å². The van der Waals surface area contributed by atoms with E-state index in [1.165, 1.54) is 0 Å². The highest BCUT2D eigenvalue weighted by molar-refractivity contribution is 5.89. The van der Waals surface area contributed by atoms with Gasteiger partial charge in [0.05, 0.1) is 12.2 Å². The van der Waals surface area contributed by atoms with Gasteiger partial charge in [0.2, 0.25) is 11.8 Å². The molecule has 0 unspecified atom stereocenters. The van der Waals surface area contributed by atoms with Crippen LogP contribution in [-0.2, 0) is 4.74 Å². The van der Waals surface area contributed by atoms with Crippen LogP contribution >= 0.6 is 0 Å². The first-order valence-electron chi connectivity index (χ1n) is 6.28. The zero-order valence-electron chi connectivity index (χ0n) is 11.5. The Morgan fingerprint density at radius 1 is 1.30 bits per heavy atom. The van der Waals surface area contributed by atoms with E-state index in [1.807, 2.05) is 6.92 Å². The van der Waals surface area contributed by atoms with Crippen LogP contribution in [0.4, 0.5) is 0 Å². The van der Waals surface area contributed by atoms with Crippen molar-refractivity contribution in [3.63, 3.8) is 0 Å². The molecule has 2 aromatic rings. The minimum atomic E-state index is -0.348. The van der Waals surface area contributed by atoms with E-state index in [2.05, 4.69) is 16.8 Å². The minimum absolute atomic E-state index is 0.346. The quantitative estimate of drug-likeness (QED) is 0.618. The van der Waals surface area contributed by atoms with Crippen LogP contribution in [0.1, 0.15) is 29.6 Å². The Balaban J connectivity index is 2.01. The van der Waals surface area contributed by atoms with Gasteiger partial charge in [0.15, 0.2) is 0 Å². The number of carbonyl (C=O) groups excluding carboxylic acids is 1. The number of rotatable bonds is 5. The summed E-state index contributed by atoms with van der Waals surface area (Å²) in [7, 11) is 0. The van der Waals surface area contributed by atoms with E-state index in [0.29, 0.717) is 30.4 Å². The van der Waals surface area contributed by atoms with E-state index in [0.717, 1.165) is 11.1 Å². The lowest BCUT2D eigenvalue weighted by molar-refractivity contribution is 0.0509. The molecule has 0 saturated carbocycles. The van der Waals surface area contributed by atoms with E-state index in [1.54, 1.807) is 31.2 Å². The SMILES string of the molecule is C=C(C)CCOC(=O)c1ccc(-c2nnc(C)o2)cc1. The van der Waals surface area contributed by atoms with Crippen LogP contribution in [0.5, 0.6) is 0 Å². The van der Waals surface area contributed by atoms with Crippen molar-refractivity contribution in [3.8, 4) is 11.5 Å². The summed E-state index contributed by atoms with van der Waals surface area (Å²) < 4.78 is 10.5. The molecule has 5 heteroatoms. The Hall–Kier alpha value is -2.43. The fraction of sp³-hybridized carbons (Fsp3) is 0.267. The van der Waals surface area contributed by atoms with Crippen molar-refractivity contribution in [2.24, 2.45) is 0 Å². The van der Waals surface area contributed by atoms with Gasteiger partial charge < -0.3 is 9.15 Å². The maximum atomic E-state index is 11.8. The van der Waals surface area contributed by atoms with Crippen LogP contribution in [0.25, 0.3) is 11.5 Å². The molecule has 0 atom stereocenters. The normalized spacial score (nSPS) is 10.3. The number of carbonyl (C=O) groups is 1. The van der Waals surface area contributed by atoms with Gasteiger partial charge in [-0.05, 0) is 31.2 Å². The van der Waals surface area contributed by atoms with Gasteiger partial charge in [0.25, 0.3) is 0 Å². The summed E-state index contributed by atoms with van der Waals surface area (Å²) in [5, 5.41) is 7.68. The number of nitrogens with zero attached hydrogens (tertiary/aromatic N) is 2. The Bertz CT molecular complexity index is 614. The number of benzene rings is 1. The van der Waals surface area contributed by atoms with E-state index in [-0.39, 0.29) is 5.97 Å². The summed E-state index contributed by atoms with van der Waals surface area (Å²) in [6.45, 7) is 7.73. The number of ether oxygens (including phenoxy) is 1. The van der Waals surface area contributed by atoms with Gasteiger partial charge in [0, 0.05) is 18.9 Å². The molecule has 1 heterocycles. The van der Waals surface area contributed by atoms with Crippen LogP contribution in [-0.4, -0.2) is 22.8 Å². The lowest BCUT2D eigenvalue weighted by atomic mass is 10.1. The lowest BCUT2D eigenvalue weighted by Crippen LogP contribution is -2.06. The van der Waals surface area contributed by atoms with Gasteiger partial charge in [-0.2, -0.15) is 0 Å². The lowest BCUT2D eigenvalue weighted by Gasteiger charge is -2.04. The monoisotopic (exact) mass is 272 g/mol. The maximum absolute atomic E-state index is 11.8. The average molecular weight is 272 g/mol. The summed E-state index contributed by atoms with van der Waals surface area (Å²) in [6.07, 6.45) is 0.672. The van der Waals surface area contributed by atoms with Crippen molar-refractivity contribution < 1.29 is 13.9 Å². The molecule has 0 N–H and O–H groups in total. The summed E-state index contributed by atoms with van der Waals surface area (Å²) in [5.41, 5.74) is 2.25. The van der Waals surface area contributed by atoms with E-state index in [9.17, 15) is 4.79 Å². The van der Waals surface area contributed by atoms with Gasteiger partial charge >= 0.3 is 5.97 Å². The number of esters is 1. The standard InChI is InChI=1S/C15H16N2O3/c1-10(2)8-9-19-15(18)13-6-4-12(5-7-13)14-17-16-11(3)20-14/h4-7H,1,8-9H2,2-3H3. The summed E-state index contributed by atoms with van der Waals surface area (Å²) in [6, 6.07) is 6.86. The highest BCUT2D eigenvalue weighted by Crippen LogP contribution is 2.18.